The Bertz CT molecular complexity index is 538. The van der Waals surface area contributed by atoms with Gasteiger partial charge in [-0.1, -0.05) is 0 Å². The minimum atomic E-state index is -4.66. The van der Waals surface area contributed by atoms with E-state index in [2.05, 4.69) is 0 Å². The molecule has 0 unspecified atom stereocenters. The van der Waals surface area contributed by atoms with Crippen molar-refractivity contribution in [1.29, 1.82) is 0 Å². The Labute approximate surface area is 115 Å². The second-order valence-corrected chi connectivity index (χ2v) is 5.60. The zero-order valence-electron chi connectivity index (χ0n) is 11.3. The molecule has 0 amide bonds. The molecular formula is C14H16F3NO2. The lowest BCUT2D eigenvalue weighted by Gasteiger charge is -2.34. The number of halogens is 3. The Morgan fingerprint density at radius 3 is 2.45 bits per heavy atom. The quantitative estimate of drug-likeness (QED) is 0.899. The third-order valence-electron chi connectivity index (χ3n) is 3.75. The van der Waals surface area contributed by atoms with E-state index < -0.39 is 23.3 Å². The van der Waals surface area contributed by atoms with E-state index in [0.29, 0.717) is 5.69 Å². The van der Waals surface area contributed by atoms with Crippen LogP contribution in [0.4, 0.5) is 18.9 Å². The maximum atomic E-state index is 12.8. The van der Waals surface area contributed by atoms with E-state index in [1.807, 2.05) is 18.7 Å². The van der Waals surface area contributed by atoms with Gasteiger partial charge in [-0.15, -0.1) is 0 Å². The third kappa shape index (κ3) is 2.59. The fourth-order valence-electron chi connectivity index (χ4n) is 2.71. The maximum Gasteiger partial charge on any atom is 0.417 e. The predicted molar refractivity (Wildman–Crippen MR) is 69.1 cm³/mol. The Balaban J connectivity index is 2.49. The number of carboxylic acids is 1. The average molecular weight is 287 g/mol. The van der Waals surface area contributed by atoms with E-state index in [4.69, 9.17) is 5.11 Å². The number of hydrogen-bond acceptors (Lipinski definition) is 2. The number of hydrogen-bond donors (Lipinski definition) is 1. The zero-order valence-corrected chi connectivity index (χ0v) is 11.3. The van der Waals surface area contributed by atoms with Gasteiger partial charge in [0, 0.05) is 17.8 Å². The number of nitrogens with zero attached hydrogens (tertiary/aromatic N) is 1. The van der Waals surface area contributed by atoms with Crippen molar-refractivity contribution in [3.05, 3.63) is 29.3 Å². The van der Waals surface area contributed by atoms with Crippen molar-refractivity contribution >= 4 is 11.7 Å². The van der Waals surface area contributed by atoms with Crippen LogP contribution < -0.4 is 4.90 Å². The summed E-state index contributed by atoms with van der Waals surface area (Å²) in [6.45, 7) is 4.72. The monoisotopic (exact) mass is 287 g/mol. The van der Waals surface area contributed by atoms with Gasteiger partial charge in [-0.2, -0.15) is 13.2 Å². The summed E-state index contributed by atoms with van der Waals surface area (Å²) in [4.78, 5) is 13.0. The van der Waals surface area contributed by atoms with Crippen LogP contribution in [0, 0.1) is 0 Å². The number of anilines is 1. The van der Waals surface area contributed by atoms with E-state index in [-0.39, 0.29) is 5.54 Å². The third-order valence-corrected chi connectivity index (χ3v) is 3.75. The molecule has 20 heavy (non-hydrogen) atoms. The van der Waals surface area contributed by atoms with E-state index >= 15 is 0 Å². The SMILES string of the molecule is CC1(C)CCCN1c1ccc(C(F)(F)F)c(C(=O)O)c1. The largest absolute Gasteiger partial charge is 0.478 e. The maximum absolute atomic E-state index is 12.8. The first-order valence-electron chi connectivity index (χ1n) is 6.35. The van der Waals surface area contributed by atoms with Crippen LogP contribution in [-0.2, 0) is 6.18 Å². The summed E-state index contributed by atoms with van der Waals surface area (Å²) in [5, 5.41) is 9.01. The van der Waals surface area contributed by atoms with Crippen molar-refractivity contribution in [2.75, 3.05) is 11.4 Å². The molecule has 0 bridgehead atoms. The summed E-state index contributed by atoms with van der Waals surface area (Å²) in [5.41, 5.74) is -1.45. The average Bonchev–Trinajstić information content (AvgIpc) is 2.67. The first-order valence-corrected chi connectivity index (χ1v) is 6.35. The second kappa shape index (κ2) is 4.68. The summed E-state index contributed by atoms with van der Waals surface area (Å²) < 4.78 is 38.4. The van der Waals surface area contributed by atoms with Gasteiger partial charge in [0.05, 0.1) is 11.1 Å². The summed E-state index contributed by atoms with van der Waals surface area (Å²) in [6, 6.07) is 3.33. The van der Waals surface area contributed by atoms with Crippen LogP contribution in [0.25, 0.3) is 0 Å². The number of carboxylic acid groups (broad SMARTS) is 1. The molecule has 0 saturated carbocycles. The molecule has 110 valence electrons. The minimum absolute atomic E-state index is 0.171. The van der Waals surface area contributed by atoms with E-state index in [9.17, 15) is 18.0 Å². The van der Waals surface area contributed by atoms with Crippen molar-refractivity contribution in [3.8, 4) is 0 Å². The van der Waals surface area contributed by atoms with Gasteiger partial charge in [-0.05, 0) is 44.9 Å². The molecular weight excluding hydrogens is 271 g/mol. The molecule has 0 spiro atoms. The van der Waals surface area contributed by atoms with Crippen molar-refractivity contribution in [3.63, 3.8) is 0 Å². The molecule has 0 atom stereocenters. The summed E-state index contributed by atoms with van der Waals surface area (Å²) in [7, 11) is 0. The van der Waals surface area contributed by atoms with Gasteiger partial charge in [0.2, 0.25) is 0 Å². The van der Waals surface area contributed by atoms with Gasteiger partial charge in [-0.3, -0.25) is 0 Å². The van der Waals surface area contributed by atoms with Crippen LogP contribution in [0.2, 0.25) is 0 Å². The van der Waals surface area contributed by atoms with Crippen LogP contribution >= 0.6 is 0 Å². The van der Waals surface area contributed by atoms with Gasteiger partial charge in [0.1, 0.15) is 0 Å². The Morgan fingerprint density at radius 1 is 1.35 bits per heavy atom. The molecule has 1 aromatic rings. The van der Waals surface area contributed by atoms with Crippen LogP contribution in [-0.4, -0.2) is 23.2 Å². The van der Waals surface area contributed by atoms with Crippen molar-refractivity contribution in [1.82, 2.24) is 0 Å². The molecule has 0 aliphatic carbocycles. The first-order chi connectivity index (χ1) is 9.13. The Kier molecular flexibility index (Phi) is 3.44. The minimum Gasteiger partial charge on any atom is -0.478 e. The second-order valence-electron chi connectivity index (χ2n) is 5.60. The van der Waals surface area contributed by atoms with E-state index in [1.165, 1.54) is 6.07 Å². The predicted octanol–water partition coefficient (Wildman–Crippen LogP) is 3.78. The molecule has 1 aliphatic heterocycles. The highest BCUT2D eigenvalue weighted by Gasteiger charge is 2.37. The number of carbonyl (C=O) groups is 1. The highest BCUT2D eigenvalue weighted by atomic mass is 19.4. The van der Waals surface area contributed by atoms with Crippen LogP contribution in [0.1, 0.15) is 42.6 Å². The van der Waals surface area contributed by atoms with Crippen molar-refractivity contribution in [2.45, 2.75) is 38.4 Å². The topological polar surface area (TPSA) is 40.5 Å². The molecule has 1 fully saturated rings. The van der Waals surface area contributed by atoms with Gasteiger partial charge < -0.3 is 10.0 Å². The highest BCUT2D eigenvalue weighted by molar-refractivity contribution is 5.91. The number of aromatic carboxylic acids is 1. The number of rotatable bonds is 2. The zero-order chi connectivity index (χ0) is 15.1. The van der Waals surface area contributed by atoms with Gasteiger partial charge >= 0.3 is 12.1 Å². The number of benzene rings is 1. The summed E-state index contributed by atoms with van der Waals surface area (Å²) in [6.07, 6.45) is -2.79. The molecule has 2 rings (SSSR count). The first kappa shape index (κ1) is 14.7. The summed E-state index contributed by atoms with van der Waals surface area (Å²) >= 11 is 0. The van der Waals surface area contributed by atoms with Gasteiger partial charge in [0.25, 0.3) is 0 Å². The molecule has 0 aromatic heterocycles. The molecule has 1 aliphatic rings. The lowest BCUT2D eigenvalue weighted by molar-refractivity contribution is -0.138. The van der Waals surface area contributed by atoms with Crippen LogP contribution in [0.15, 0.2) is 18.2 Å². The molecule has 1 aromatic carbocycles. The fourth-order valence-corrected chi connectivity index (χ4v) is 2.71. The molecule has 6 heteroatoms. The number of alkyl halides is 3. The fraction of sp³-hybridized carbons (Fsp3) is 0.500. The molecule has 1 saturated heterocycles. The van der Waals surface area contributed by atoms with Gasteiger partial charge in [-0.25, -0.2) is 4.79 Å². The van der Waals surface area contributed by atoms with E-state index in [0.717, 1.165) is 31.5 Å². The molecule has 3 nitrogen and oxygen atoms in total. The lowest BCUT2D eigenvalue weighted by Crippen LogP contribution is -2.38. The van der Waals surface area contributed by atoms with Crippen LogP contribution in [0.3, 0.4) is 0 Å². The normalized spacial score (nSPS) is 18.4. The molecule has 1 heterocycles. The Hall–Kier alpha value is -1.72. The Morgan fingerprint density at radius 2 is 2.00 bits per heavy atom. The van der Waals surface area contributed by atoms with Crippen LogP contribution in [0.5, 0.6) is 0 Å². The van der Waals surface area contributed by atoms with Crippen molar-refractivity contribution < 1.29 is 23.1 Å². The lowest BCUT2D eigenvalue weighted by atomic mass is 10.00. The van der Waals surface area contributed by atoms with E-state index in [1.54, 1.807) is 0 Å². The summed E-state index contributed by atoms with van der Waals surface area (Å²) in [5.74, 6) is -1.56. The van der Waals surface area contributed by atoms with Gasteiger partial charge in [0.15, 0.2) is 0 Å². The van der Waals surface area contributed by atoms with Crippen molar-refractivity contribution in [2.24, 2.45) is 0 Å². The molecule has 0 radical (unpaired) electrons. The standard InChI is InChI=1S/C14H16F3NO2/c1-13(2)6-3-7-18(13)9-4-5-11(14(15,16)17)10(8-9)12(19)20/h4-5,8H,3,6-7H2,1-2H3,(H,19,20). The molecule has 1 N–H and O–H groups in total. The highest BCUT2D eigenvalue weighted by Crippen LogP contribution is 2.38. The smallest absolute Gasteiger partial charge is 0.417 e.